The van der Waals surface area contributed by atoms with E-state index in [1.165, 1.54) is 6.20 Å². The van der Waals surface area contributed by atoms with Crippen molar-refractivity contribution in [3.63, 3.8) is 0 Å². The van der Waals surface area contributed by atoms with Gasteiger partial charge in [-0.1, -0.05) is 31.8 Å². The average molecular weight is 265 g/mol. The molecule has 0 atom stereocenters. The Bertz CT molecular complexity index is 530. The molecule has 1 aromatic carbocycles. The second-order valence-electron chi connectivity index (χ2n) is 5.81. The van der Waals surface area contributed by atoms with E-state index < -0.39 is 8.07 Å². The summed E-state index contributed by atoms with van der Waals surface area (Å²) in [5.41, 5.74) is 0.892. The standard InChI is InChI=1S/C14H20FNOSi/c1-18(2,3)9-8-17-11-16-10-13(15)12-6-4-5-7-14(12)16/h4-7,10H,8-9,11H2,1-3H3. The smallest absolute Gasteiger partial charge is 0.148 e. The van der Waals surface area contributed by atoms with Crippen molar-refractivity contribution in [3.8, 4) is 0 Å². The van der Waals surface area contributed by atoms with Crippen molar-refractivity contribution in [3.05, 3.63) is 36.3 Å². The molecule has 0 amide bonds. The van der Waals surface area contributed by atoms with E-state index in [1.54, 1.807) is 6.07 Å². The van der Waals surface area contributed by atoms with Gasteiger partial charge in [-0.05, 0) is 18.2 Å². The van der Waals surface area contributed by atoms with Crippen LogP contribution in [0, 0.1) is 5.82 Å². The Kier molecular flexibility index (Phi) is 3.87. The maximum absolute atomic E-state index is 13.6. The summed E-state index contributed by atoms with van der Waals surface area (Å²) < 4.78 is 21.1. The number of halogens is 1. The van der Waals surface area contributed by atoms with Gasteiger partial charge in [0.1, 0.15) is 12.5 Å². The molecule has 0 fully saturated rings. The number of fused-ring (bicyclic) bond motifs is 1. The Balaban J connectivity index is 2.00. The lowest BCUT2D eigenvalue weighted by molar-refractivity contribution is 0.0899. The SMILES string of the molecule is C[Si](C)(C)CCOCn1cc(F)c2ccccc21. The van der Waals surface area contributed by atoms with Gasteiger partial charge in [-0.15, -0.1) is 0 Å². The molecule has 1 aromatic heterocycles. The Morgan fingerprint density at radius 3 is 2.67 bits per heavy atom. The first-order valence-corrected chi connectivity index (χ1v) is 9.99. The van der Waals surface area contributed by atoms with Crippen molar-refractivity contribution in [2.24, 2.45) is 0 Å². The van der Waals surface area contributed by atoms with Crippen LogP contribution in [-0.4, -0.2) is 19.2 Å². The molecule has 0 radical (unpaired) electrons. The maximum Gasteiger partial charge on any atom is 0.148 e. The summed E-state index contributed by atoms with van der Waals surface area (Å²) in [4.78, 5) is 0. The van der Waals surface area contributed by atoms with Crippen molar-refractivity contribution in [1.82, 2.24) is 4.57 Å². The minimum Gasteiger partial charge on any atom is -0.361 e. The second kappa shape index (κ2) is 5.24. The largest absolute Gasteiger partial charge is 0.361 e. The monoisotopic (exact) mass is 265 g/mol. The highest BCUT2D eigenvalue weighted by atomic mass is 28.3. The molecule has 0 saturated carbocycles. The highest BCUT2D eigenvalue weighted by molar-refractivity contribution is 6.76. The van der Waals surface area contributed by atoms with Crippen LogP contribution in [0.4, 0.5) is 4.39 Å². The molecule has 2 nitrogen and oxygen atoms in total. The van der Waals surface area contributed by atoms with Crippen molar-refractivity contribution in [1.29, 1.82) is 0 Å². The fraction of sp³-hybridized carbons (Fsp3) is 0.429. The third kappa shape index (κ3) is 3.20. The molecule has 0 spiro atoms. The molecular weight excluding hydrogens is 245 g/mol. The minimum absolute atomic E-state index is 0.181. The molecule has 0 bridgehead atoms. The van der Waals surface area contributed by atoms with Crippen LogP contribution in [0.3, 0.4) is 0 Å². The summed E-state index contributed by atoms with van der Waals surface area (Å²) in [6, 6.07) is 8.61. The van der Waals surface area contributed by atoms with Gasteiger partial charge in [-0.2, -0.15) is 0 Å². The number of aromatic nitrogens is 1. The van der Waals surface area contributed by atoms with Crippen LogP contribution in [0.2, 0.25) is 25.7 Å². The van der Waals surface area contributed by atoms with Crippen LogP contribution in [0.5, 0.6) is 0 Å². The van der Waals surface area contributed by atoms with Gasteiger partial charge in [0.2, 0.25) is 0 Å². The van der Waals surface area contributed by atoms with Gasteiger partial charge in [0.25, 0.3) is 0 Å². The van der Waals surface area contributed by atoms with E-state index in [-0.39, 0.29) is 5.82 Å². The summed E-state index contributed by atoms with van der Waals surface area (Å²) in [6.45, 7) is 8.14. The third-order valence-corrected chi connectivity index (χ3v) is 4.67. The molecule has 0 aliphatic heterocycles. The number of ether oxygens (including phenoxy) is 1. The molecule has 0 unspecified atom stereocenters. The van der Waals surface area contributed by atoms with Gasteiger partial charge in [0.15, 0.2) is 0 Å². The summed E-state index contributed by atoms with van der Waals surface area (Å²) in [5.74, 6) is -0.181. The number of hydrogen-bond acceptors (Lipinski definition) is 1. The lowest BCUT2D eigenvalue weighted by Crippen LogP contribution is -2.21. The van der Waals surface area contributed by atoms with Crippen LogP contribution < -0.4 is 0 Å². The Labute approximate surface area is 108 Å². The van der Waals surface area contributed by atoms with Gasteiger partial charge < -0.3 is 9.30 Å². The minimum atomic E-state index is -1.05. The van der Waals surface area contributed by atoms with Crippen LogP contribution in [0.1, 0.15) is 0 Å². The van der Waals surface area contributed by atoms with Gasteiger partial charge in [0, 0.05) is 26.3 Å². The molecule has 0 N–H and O–H groups in total. The van der Waals surface area contributed by atoms with Crippen molar-refractivity contribution >= 4 is 19.0 Å². The molecule has 2 aromatic rings. The number of para-hydroxylation sites is 1. The van der Waals surface area contributed by atoms with Crippen molar-refractivity contribution < 1.29 is 9.13 Å². The zero-order chi connectivity index (χ0) is 13.2. The summed E-state index contributed by atoms with van der Waals surface area (Å²) in [7, 11) is -1.05. The van der Waals surface area contributed by atoms with Crippen LogP contribution in [0.25, 0.3) is 10.9 Å². The fourth-order valence-electron chi connectivity index (χ4n) is 1.85. The number of benzene rings is 1. The van der Waals surface area contributed by atoms with E-state index in [0.29, 0.717) is 12.1 Å². The van der Waals surface area contributed by atoms with Crippen LogP contribution in [-0.2, 0) is 11.5 Å². The lowest BCUT2D eigenvalue weighted by atomic mass is 10.2. The topological polar surface area (TPSA) is 14.2 Å². The maximum atomic E-state index is 13.6. The second-order valence-corrected chi connectivity index (χ2v) is 11.4. The normalized spacial score (nSPS) is 12.2. The summed E-state index contributed by atoms with van der Waals surface area (Å²) in [5, 5.41) is 0.659. The molecule has 1 heterocycles. The van der Waals surface area contributed by atoms with E-state index in [4.69, 9.17) is 4.74 Å². The molecule has 18 heavy (non-hydrogen) atoms. The Hall–Kier alpha value is -1.13. The summed E-state index contributed by atoms with van der Waals surface area (Å²) >= 11 is 0. The van der Waals surface area contributed by atoms with Gasteiger partial charge in [0.05, 0.1) is 5.52 Å². The quantitative estimate of drug-likeness (QED) is 0.586. The first kappa shape index (κ1) is 13.3. The van der Waals surface area contributed by atoms with Gasteiger partial charge >= 0.3 is 0 Å². The van der Waals surface area contributed by atoms with E-state index in [1.807, 2.05) is 22.8 Å². The number of nitrogens with zero attached hydrogens (tertiary/aromatic N) is 1. The molecule has 0 aliphatic carbocycles. The van der Waals surface area contributed by atoms with Crippen molar-refractivity contribution in [2.75, 3.05) is 6.61 Å². The predicted molar refractivity (Wildman–Crippen MR) is 76.0 cm³/mol. The molecule has 0 saturated heterocycles. The molecule has 98 valence electrons. The molecule has 2 rings (SSSR count). The third-order valence-electron chi connectivity index (χ3n) is 2.97. The lowest BCUT2D eigenvalue weighted by Gasteiger charge is -2.15. The van der Waals surface area contributed by atoms with E-state index >= 15 is 0 Å². The fourth-order valence-corrected chi connectivity index (χ4v) is 2.61. The Morgan fingerprint density at radius 1 is 1.22 bits per heavy atom. The van der Waals surface area contributed by atoms with E-state index in [9.17, 15) is 4.39 Å². The van der Waals surface area contributed by atoms with E-state index in [0.717, 1.165) is 18.2 Å². The molecular formula is C14H20FNOSi. The molecule has 4 heteroatoms. The number of rotatable bonds is 5. The zero-order valence-corrected chi connectivity index (χ0v) is 12.2. The van der Waals surface area contributed by atoms with Gasteiger partial charge in [-0.3, -0.25) is 0 Å². The van der Waals surface area contributed by atoms with Crippen LogP contribution in [0.15, 0.2) is 30.5 Å². The van der Waals surface area contributed by atoms with Crippen molar-refractivity contribution in [2.45, 2.75) is 32.4 Å². The first-order chi connectivity index (χ1) is 8.47. The predicted octanol–water partition coefficient (Wildman–Crippen LogP) is 4.09. The molecule has 0 aliphatic rings. The van der Waals surface area contributed by atoms with Crippen LogP contribution >= 0.6 is 0 Å². The van der Waals surface area contributed by atoms with E-state index in [2.05, 4.69) is 19.6 Å². The average Bonchev–Trinajstić information content (AvgIpc) is 2.62. The Morgan fingerprint density at radius 2 is 1.94 bits per heavy atom. The van der Waals surface area contributed by atoms with Gasteiger partial charge in [-0.25, -0.2) is 4.39 Å². The summed E-state index contributed by atoms with van der Waals surface area (Å²) in [6.07, 6.45) is 1.51. The first-order valence-electron chi connectivity index (χ1n) is 6.28. The zero-order valence-electron chi connectivity index (χ0n) is 11.2. The highest BCUT2D eigenvalue weighted by Gasteiger charge is 2.12. The number of hydrogen-bond donors (Lipinski definition) is 0. The highest BCUT2D eigenvalue weighted by Crippen LogP contribution is 2.19.